The van der Waals surface area contributed by atoms with Crippen molar-refractivity contribution in [2.45, 2.75) is 19.9 Å². The Balaban J connectivity index is 2.75. The van der Waals surface area contributed by atoms with E-state index in [1.54, 1.807) is 0 Å². The van der Waals surface area contributed by atoms with Crippen molar-refractivity contribution in [3.05, 3.63) is 35.4 Å². The number of carbonyl (C=O) groups excluding carboxylic acids is 1. The predicted octanol–water partition coefficient (Wildman–Crippen LogP) is 1.02. The van der Waals surface area contributed by atoms with Gasteiger partial charge in [-0.05, 0) is 11.6 Å². The van der Waals surface area contributed by atoms with E-state index in [1.807, 2.05) is 31.2 Å². The molecule has 16 heavy (non-hydrogen) atoms. The smallest absolute Gasteiger partial charge is 0.219 e. The van der Waals surface area contributed by atoms with E-state index < -0.39 is 0 Å². The molecule has 0 spiro atoms. The molecule has 1 aromatic carbocycles. The van der Waals surface area contributed by atoms with Gasteiger partial charge in [-0.25, -0.2) is 0 Å². The van der Waals surface area contributed by atoms with Crippen LogP contribution in [0.1, 0.15) is 24.5 Å². The summed E-state index contributed by atoms with van der Waals surface area (Å²) in [5, 5.41) is 2.83. The number of carbonyl (C=O) groups is 1. The number of amides is 1. The van der Waals surface area contributed by atoms with Gasteiger partial charge in [-0.2, -0.15) is 0 Å². The van der Waals surface area contributed by atoms with Crippen LogP contribution in [0.3, 0.4) is 0 Å². The fourth-order valence-corrected chi connectivity index (χ4v) is 1.26. The van der Waals surface area contributed by atoms with Crippen LogP contribution in [-0.2, 0) is 11.3 Å². The molecule has 0 unspecified atom stereocenters. The quantitative estimate of drug-likeness (QED) is 0.741. The average molecular weight is 216 g/mol. The maximum Gasteiger partial charge on any atom is 0.219 e. The topological polar surface area (TPSA) is 55.1 Å². The molecule has 0 aliphatic heterocycles. The molecule has 0 aromatic heterocycles. The lowest BCUT2D eigenvalue weighted by atomic mass is 10.1. The van der Waals surface area contributed by atoms with Gasteiger partial charge in [-0.15, -0.1) is 0 Å². The second-order valence-electron chi connectivity index (χ2n) is 3.29. The molecule has 0 saturated carbocycles. The first-order valence-electron chi connectivity index (χ1n) is 5.31. The van der Waals surface area contributed by atoms with Crippen molar-refractivity contribution in [1.82, 2.24) is 5.32 Å². The van der Waals surface area contributed by atoms with Crippen LogP contribution in [0.4, 0.5) is 0 Å². The Morgan fingerprint density at radius 3 is 2.88 bits per heavy atom. The summed E-state index contributed by atoms with van der Waals surface area (Å²) in [5.41, 5.74) is 7.27. The summed E-state index contributed by atoms with van der Waals surface area (Å²) in [4.78, 5) is 11.1. The van der Waals surface area contributed by atoms with Gasteiger partial charge in [-0.1, -0.05) is 37.0 Å². The van der Waals surface area contributed by atoms with Crippen molar-refractivity contribution >= 4 is 5.91 Å². The maximum absolute atomic E-state index is 11.1. The van der Waals surface area contributed by atoms with Crippen LogP contribution in [0.5, 0.6) is 0 Å². The van der Waals surface area contributed by atoms with Crippen molar-refractivity contribution in [2.24, 2.45) is 5.73 Å². The molecular weight excluding hydrogens is 200 g/mol. The van der Waals surface area contributed by atoms with Crippen molar-refractivity contribution in [1.29, 1.82) is 0 Å². The van der Waals surface area contributed by atoms with Gasteiger partial charge in [0.2, 0.25) is 5.91 Å². The summed E-state index contributed by atoms with van der Waals surface area (Å²) in [6.45, 7) is 2.69. The fraction of sp³-hybridized carbons (Fsp3) is 0.308. The Kier molecular flexibility index (Phi) is 5.10. The monoisotopic (exact) mass is 216 g/mol. The Morgan fingerprint density at radius 2 is 2.19 bits per heavy atom. The molecule has 0 aliphatic rings. The first-order chi connectivity index (χ1) is 7.77. The summed E-state index contributed by atoms with van der Waals surface area (Å²) < 4.78 is 0. The minimum absolute atomic E-state index is 0.0431. The minimum Gasteiger partial charge on any atom is -0.352 e. The normalized spacial score (nSPS) is 9.12. The number of hydrogen-bond acceptors (Lipinski definition) is 2. The van der Waals surface area contributed by atoms with E-state index in [9.17, 15) is 4.79 Å². The van der Waals surface area contributed by atoms with Gasteiger partial charge in [0, 0.05) is 18.5 Å². The Labute approximate surface area is 96.0 Å². The zero-order valence-electron chi connectivity index (χ0n) is 9.42. The van der Waals surface area contributed by atoms with E-state index in [0.29, 0.717) is 19.5 Å². The van der Waals surface area contributed by atoms with E-state index in [1.165, 1.54) is 0 Å². The van der Waals surface area contributed by atoms with Crippen LogP contribution in [0, 0.1) is 11.8 Å². The predicted molar refractivity (Wildman–Crippen MR) is 64.5 cm³/mol. The minimum atomic E-state index is 0.0431. The highest BCUT2D eigenvalue weighted by molar-refractivity contribution is 5.75. The lowest BCUT2D eigenvalue weighted by Gasteiger charge is -2.05. The number of rotatable bonds is 3. The molecular formula is C13H16N2O. The third-order valence-corrected chi connectivity index (χ3v) is 2.14. The molecule has 1 amide bonds. The van der Waals surface area contributed by atoms with Crippen molar-refractivity contribution in [3.8, 4) is 11.8 Å². The van der Waals surface area contributed by atoms with Gasteiger partial charge >= 0.3 is 0 Å². The molecule has 0 heterocycles. The summed E-state index contributed by atoms with van der Waals surface area (Å²) >= 11 is 0. The first-order valence-corrected chi connectivity index (χ1v) is 5.31. The summed E-state index contributed by atoms with van der Waals surface area (Å²) in [6.07, 6.45) is 0.497. The molecule has 0 aliphatic carbocycles. The second-order valence-corrected chi connectivity index (χ2v) is 3.29. The highest BCUT2D eigenvalue weighted by Gasteiger charge is 2.00. The molecule has 0 fully saturated rings. The lowest BCUT2D eigenvalue weighted by molar-refractivity contribution is -0.120. The van der Waals surface area contributed by atoms with Gasteiger partial charge in [0.1, 0.15) is 0 Å². The summed E-state index contributed by atoms with van der Waals surface area (Å²) in [6, 6.07) is 7.74. The largest absolute Gasteiger partial charge is 0.352 e. The molecule has 84 valence electrons. The van der Waals surface area contributed by atoms with E-state index in [2.05, 4.69) is 17.2 Å². The molecule has 0 bridgehead atoms. The van der Waals surface area contributed by atoms with Crippen LogP contribution >= 0.6 is 0 Å². The summed E-state index contributed by atoms with van der Waals surface area (Å²) in [7, 11) is 0. The molecule has 3 nitrogen and oxygen atoms in total. The highest BCUT2D eigenvalue weighted by atomic mass is 16.1. The van der Waals surface area contributed by atoms with Gasteiger partial charge in [0.25, 0.3) is 0 Å². The van der Waals surface area contributed by atoms with E-state index in [-0.39, 0.29) is 5.91 Å². The zero-order valence-corrected chi connectivity index (χ0v) is 9.42. The van der Waals surface area contributed by atoms with Crippen LogP contribution in [0.15, 0.2) is 24.3 Å². The van der Waals surface area contributed by atoms with E-state index in [4.69, 9.17) is 5.73 Å². The number of benzene rings is 1. The van der Waals surface area contributed by atoms with Crippen LogP contribution in [0.2, 0.25) is 0 Å². The Morgan fingerprint density at radius 1 is 1.44 bits per heavy atom. The molecule has 1 aromatic rings. The first kappa shape index (κ1) is 12.3. The Hall–Kier alpha value is -1.79. The molecule has 3 heteroatoms. The lowest BCUT2D eigenvalue weighted by Crippen LogP contribution is -2.21. The Bertz CT molecular complexity index is 415. The highest BCUT2D eigenvalue weighted by Crippen LogP contribution is 2.06. The van der Waals surface area contributed by atoms with Crippen molar-refractivity contribution < 1.29 is 4.79 Å². The van der Waals surface area contributed by atoms with E-state index in [0.717, 1.165) is 11.1 Å². The van der Waals surface area contributed by atoms with E-state index >= 15 is 0 Å². The van der Waals surface area contributed by atoms with Gasteiger partial charge in [-0.3, -0.25) is 4.79 Å². The van der Waals surface area contributed by atoms with Crippen molar-refractivity contribution in [2.75, 3.05) is 6.54 Å². The SMILES string of the molecule is CCC(=O)NCc1ccccc1C#CCN. The number of hydrogen-bond donors (Lipinski definition) is 2. The van der Waals surface area contributed by atoms with Crippen LogP contribution in [0.25, 0.3) is 0 Å². The molecule has 0 saturated heterocycles. The molecule has 0 radical (unpaired) electrons. The molecule has 3 N–H and O–H groups in total. The van der Waals surface area contributed by atoms with Gasteiger partial charge < -0.3 is 11.1 Å². The third kappa shape index (κ3) is 3.76. The van der Waals surface area contributed by atoms with Gasteiger partial charge in [0.15, 0.2) is 0 Å². The standard InChI is InChI=1S/C13H16N2O/c1-2-13(16)15-10-12-7-4-3-6-11(12)8-5-9-14/h3-4,6-7H,2,9-10,14H2,1H3,(H,15,16). The zero-order chi connectivity index (χ0) is 11.8. The fourth-order valence-electron chi connectivity index (χ4n) is 1.26. The summed E-state index contributed by atoms with van der Waals surface area (Å²) in [5.74, 6) is 5.84. The molecule has 0 atom stereocenters. The van der Waals surface area contributed by atoms with Crippen molar-refractivity contribution in [3.63, 3.8) is 0 Å². The van der Waals surface area contributed by atoms with Gasteiger partial charge in [0.05, 0.1) is 6.54 Å². The molecule has 1 rings (SSSR count). The third-order valence-electron chi connectivity index (χ3n) is 2.14. The second kappa shape index (κ2) is 6.65. The maximum atomic E-state index is 11.1. The number of nitrogens with one attached hydrogen (secondary N) is 1. The van der Waals surface area contributed by atoms with Crippen LogP contribution in [-0.4, -0.2) is 12.5 Å². The number of nitrogens with two attached hydrogens (primary N) is 1. The average Bonchev–Trinajstić information content (AvgIpc) is 2.34. The van der Waals surface area contributed by atoms with Crippen LogP contribution < -0.4 is 11.1 Å².